The van der Waals surface area contributed by atoms with E-state index in [-0.39, 0.29) is 45.9 Å². The minimum absolute atomic E-state index is 0. The van der Waals surface area contributed by atoms with Crippen LogP contribution < -0.4 is 26.5 Å². The van der Waals surface area contributed by atoms with Gasteiger partial charge in [0.1, 0.15) is 22.9 Å². The Labute approximate surface area is 629 Å². The summed E-state index contributed by atoms with van der Waals surface area (Å²) in [5.41, 5.74) is 20.2. The predicted octanol–water partition coefficient (Wildman–Crippen LogP) is 13.4. The van der Waals surface area contributed by atoms with Gasteiger partial charge in [-0.2, -0.15) is 8.42 Å². The number of aromatic nitrogens is 2. The molecular formula is C70H94I2N9O20SV-. The van der Waals surface area contributed by atoms with Crippen LogP contribution in [-0.4, -0.2) is 149 Å². The van der Waals surface area contributed by atoms with Crippen LogP contribution in [0.15, 0.2) is 150 Å². The molecule has 12 N–H and O–H groups in total. The van der Waals surface area contributed by atoms with Crippen molar-refractivity contribution in [2.24, 2.45) is 0 Å². The number of halogens is 2. The van der Waals surface area contributed by atoms with Gasteiger partial charge in [-0.1, -0.05) is 76.9 Å². The fourth-order valence-corrected chi connectivity index (χ4v) is 9.32. The number of nitrogen functional groups attached to an aromatic ring is 2. The van der Waals surface area contributed by atoms with Crippen molar-refractivity contribution in [1.82, 2.24) is 19.4 Å². The maximum absolute atomic E-state index is 13.0. The summed E-state index contributed by atoms with van der Waals surface area (Å²) in [4.78, 5) is 71.7. The van der Waals surface area contributed by atoms with Crippen LogP contribution in [0.5, 0.6) is 11.5 Å². The molecule has 0 saturated carbocycles. The van der Waals surface area contributed by atoms with Crippen molar-refractivity contribution in [3.05, 3.63) is 250 Å². The molecule has 565 valence electrons. The molecule has 0 aliphatic carbocycles. The van der Waals surface area contributed by atoms with Crippen molar-refractivity contribution in [2.75, 3.05) is 71.1 Å². The number of nitrogens with two attached hydrogens (primary N) is 2. The molecule has 3 heterocycles. The predicted molar refractivity (Wildman–Crippen MR) is 414 cm³/mol. The number of aliphatic hydroxyl groups is 1. The van der Waals surface area contributed by atoms with Gasteiger partial charge >= 0.3 is 71.8 Å². The molecule has 0 amide bonds. The second-order valence-electron chi connectivity index (χ2n) is 22.3. The molecule has 0 bridgehead atoms. The van der Waals surface area contributed by atoms with E-state index < -0.39 is 32.3 Å². The zero-order valence-electron chi connectivity index (χ0n) is 59.1. The molecule has 0 atom stereocenters. The van der Waals surface area contributed by atoms with Crippen LogP contribution in [0.25, 0.3) is 16.6 Å². The first-order valence-corrected chi connectivity index (χ1v) is 41.4. The quantitative estimate of drug-likeness (QED) is 0.00898. The number of carboxylic acids is 2. The number of nitro benzene ring substituents is 2. The van der Waals surface area contributed by atoms with Crippen molar-refractivity contribution in [1.29, 1.82) is 0 Å². The Morgan fingerprint density at radius 2 is 0.932 bits per heavy atom. The van der Waals surface area contributed by atoms with Gasteiger partial charge in [0.25, 0.3) is 22.0 Å². The number of benzene rings is 7. The van der Waals surface area contributed by atoms with Gasteiger partial charge in [0.15, 0.2) is 0 Å². The zero-order chi connectivity index (χ0) is 76.4. The summed E-state index contributed by atoms with van der Waals surface area (Å²) in [6, 6.07) is 43.7. The molecule has 0 radical (unpaired) electrons. The van der Waals surface area contributed by atoms with Gasteiger partial charge < -0.3 is 64.2 Å². The fourth-order valence-electron chi connectivity index (χ4n) is 9.32. The van der Waals surface area contributed by atoms with Crippen LogP contribution in [0.4, 0.5) is 22.7 Å². The number of aliphatic hydroxyl groups excluding tert-OH is 1. The third kappa shape index (κ3) is 41.5. The number of anilines is 2. The van der Waals surface area contributed by atoms with Crippen LogP contribution in [-0.2, 0) is 19.9 Å². The maximum atomic E-state index is 13.0. The molecule has 10 rings (SSSR count). The van der Waals surface area contributed by atoms with Crippen molar-refractivity contribution >= 4 is 95.9 Å². The van der Waals surface area contributed by atoms with E-state index in [4.69, 9.17) is 69.1 Å². The Hall–Kier alpha value is -8.43. The molecule has 0 unspecified atom stereocenters. The van der Waals surface area contributed by atoms with Gasteiger partial charge in [-0.25, -0.2) is 14.6 Å². The van der Waals surface area contributed by atoms with Gasteiger partial charge in [0.05, 0.1) is 45.2 Å². The third-order valence-corrected chi connectivity index (χ3v) is 14.1. The topological polar surface area (TPSA) is 462 Å². The summed E-state index contributed by atoms with van der Waals surface area (Å²) in [5.74, 6) is 0.162. The molecule has 1 aromatic heterocycles. The molecule has 7 aromatic carbocycles. The number of fused-ring (bicyclic) bond motifs is 1. The standard InChI is InChI=1S/C23H27N3O2.C13H20N2O.C8H7NO4.2C8H9NO2.C8H10.CH4O.CH3.2HI.HNO3.H2O4S.H2O.V/c1-17-6-11-22-21(16-17)23(27)26(18(2)24-22)19-7-9-20(10-8-19)28-15-5-14-25-12-3-4-13-25;14-12-4-6-13(7-5-12)16-11-3-10-15-8-1-2-9-15;1-5-2-3-6(8(10)11)7(4-5)9(12)13;1-6-3-4-7(2)8(5-6)9(10)11;1-5-2-3-7(9)6(4-5)8(10)11;1-7-3-5-8(2)6-4-7;1-2;;;;2-1(3)4;1-5(2,3)4;;/h6-11,16H,3-5,12-15H2,1-2H3;4-7H,1-3,8-11,14H2;2-4H,1H3,(H,10,11);3-5H,1-2H3;2-4H,9H2,1H3,(H,10,11);3-6H,1-2H3;2H,1H3;1H3;2*1H;(H,2,3,4);(H2,1,2,3,4);1H2;/q;;;;;;;-1;;;;;;+2/p-2. The van der Waals surface area contributed by atoms with Crippen LogP contribution in [0.1, 0.15) is 104 Å². The molecule has 0 spiro atoms. The molecule has 2 saturated heterocycles. The van der Waals surface area contributed by atoms with Gasteiger partial charge in [-0.05, 0) is 210 Å². The monoisotopic (exact) mass is 1720 g/mol. The first-order valence-electron chi connectivity index (χ1n) is 31.0. The van der Waals surface area contributed by atoms with Gasteiger partial charge in [-0.3, -0.25) is 38.7 Å². The minimum atomic E-state index is -4.67. The third-order valence-electron chi connectivity index (χ3n) is 14.1. The first-order chi connectivity index (χ1) is 47.6. The number of hydrogen-bond acceptors (Lipinski definition) is 19. The van der Waals surface area contributed by atoms with Crippen LogP contribution >= 0.6 is 40.0 Å². The Bertz CT molecular complexity index is 3950. The van der Waals surface area contributed by atoms with Crippen molar-refractivity contribution < 1.29 is 87.0 Å². The van der Waals surface area contributed by atoms with E-state index in [0.29, 0.717) is 44.1 Å². The van der Waals surface area contributed by atoms with E-state index in [1.165, 1.54) is 81.2 Å². The number of likely N-dealkylation sites (tertiary alicyclic amines) is 2. The number of carbonyl (C=O) groups is 2. The van der Waals surface area contributed by atoms with Crippen LogP contribution in [0, 0.1) is 93.2 Å². The summed E-state index contributed by atoms with van der Waals surface area (Å²) in [6.07, 6.45) is 7.50. The molecule has 29 nitrogen and oxygen atoms in total. The van der Waals surface area contributed by atoms with Crippen molar-refractivity contribution in [2.45, 2.75) is 93.9 Å². The number of ether oxygens (including phenoxy) is 2. The number of carboxylic acid groups (broad SMARTS) is 2. The van der Waals surface area contributed by atoms with E-state index >= 15 is 0 Å². The normalized spacial score (nSPS) is 11.5. The summed E-state index contributed by atoms with van der Waals surface area (Å²) < 4.78 is 44.8. The molecule has 103 heavy (non-hydrogen) atoms. The Kier molecular flexibility index (Phi) is 49.3. The van der Waals surface area contributed by atoms with Crippen LogP contribution in [0.2, 0.25) is 0 Å². The Morgan fingerprint density at radius 1 is 0.573 bits per heavy atom. The summed E-state index contributed by atoms with van der Waals surface area (Å²) in [6.45, 7) is 23.9. The zero-order valence-corrected chi connectivity index (χ0v) is 65.7. The SMILES string of the molecule is CO.Cc1ccc(C(=O)O)c([N+](=O)[O-])c1.Cc1ccc(C)c([N+](=O)[O-])c1.Cc1ccc(C)cc1.Cc1ccc(N)c(C(=O)O)c1.Cc1ccc2nc(C)n(-c3ccc(OCCCN4CCCC4)cc3)c(=O)c2c1.Nc1ccc(OCCCN2CCCC2)cc1.O.O=S(=O)(O)O.O=[N+]([O-])O.[CH3-].[I][V][I]. The molecule has 8 aromatic rings. The van der Waals surface area contributed by atoms with Gasteiger partial charge in [0.2, 0.25) is 0 Å². The van der Waals surface area contributed by atoms with E-state index in [2.05, 4.69) is 92.9 Å². The molecule has 33 heteroatoms. The second-order valence-corrected chi connectivity index (χ2v) is 35.0. The number of aromatic carboxylic acids is 2. The summed E-state index contributed by atoms with van der Waals surface area (Å²) in [5, 5.41) is 59.3. The molecular weight excluding hydrogens is 1620 g/mol. The van der Waals surface area contributed by atoms with Gasteiger partial charge in [-0.15, -0.1) is 10.1 Å². The average molecular weight is 1720 g/mol. The van der Waals surface area contributed by atoms with Gasteiger partial charge in [0, 0.05) is 49.3 Å². The van der Waals surface area contributed by atoms with Crippen molar-refractivity contribution in [3.63, 3.8) is 0 Å². The number of rotatable bonds is 15. The fraction of sp³-hybridized carbons (Fsp3) is 0.329. The molecule has 2 fully saturated rings. The number of nitrogens with zero attached hydrogens (tertiary/aromatic N) is 7. The molecule has 2 aliphatic heterocycles. The van der Waals surface area contributed by atoms with E-state index in [1.54, 1.807) is 48.7 Å². The average Bonchev–Trinajstić information content (AvgIpc) is 0.934. The molecule has 2 aliphatic rings. The van der Waals surface area contributed by atoms with E-state index in [1.807, 2.05) is 100 Å². The Balaban J connectivity index is 0. The first kappa shape index (κ1) is 96.6. The van der Waals surface area contributed by atoms with Crippen LogP contribution in [0.3, 0.4) is 0 Å². The Morgan fingerprint density at radius 3 is 1.33 bits per heavy atom. The van der Waals surface area contributed by atoms with E-state index in [9.17, 15) is 34.6 Å². The van der Waals surface area contributed by atoms with Crippen molar-refractivity contribution in [3.8, 4) is 17.2 Å². The summed E-state index contributed by atoms with van der Waals surface area (Å²) >= 11 is 4.74. The number of nitro groups is 2. The summed E-state index contributed by atoms with van der Waals surface area (Å²) in [7, 11) is -3.04. The number of hydrogen-bond donors (Lipinski definition) is 8. The second kappa shape index (κ2) is 52.5. The number of aryl methyl sites for hydroxylation is 8. The van der Waals surface area contributed by atoms with E-state index in [0.717, 1.165) is 84.7 Å².